The summed E-state index contributed by atoms with van der Waals surface area (Å²) in [6.45, 7) is 2.03. The molecule has 92 valence electrons. The van der Waals surface area contributed by atoms with Crippen molar-refractivity contribution in [3.8, 4) is 11.4 Å². The lowest BCUT2D eigenvalue weighted by Gasteiger charge is -2.01. The van der Waals surface area contributed by atoms with Gasteiger partial charge in [0.15, 0.2) is 0 Å². The lowest BCUT2D eigenvalue weighted by molar-refractivity contribution is 0.774. The second kappa shape index (κ2) is 3.84. The number of nitrogens with zero attached hydrogens (tertiary/aromatic N) is 4. The molecule has 0 unspecified atom stereocenters. The van der Waals surface area contributed by atoms with Crippen LogP contribution >= 0.6 is 15.9 Å². The maximum absolute atomic E-state index is 6.16. The zero-order valence-electron chi connectivity index (χ0n) is 10.1. The Bertz CT molecular complexity index is 740. The van der Waals surface area contributed by atoms with Crippen molar-refractivity contribution in [3.63, 3.8) is 0 Å². The average molecular weight is 306 g/mol. The second-order valence-corrected chi connectivity index (χ2v) is 5.07. The molecule has 0 aliphatic rings. The van der Waals surface area contributed by atoms with Crippen LogP contribution in [0.4, 0.5) is 5.82 Å². The number of halogens is 1. The fourth-order valence-electron chi connectivity index (χ4n) is 1.97. The standard InChI is InChI=1S/C12H12BrN5/c1-7-5-10-16-11(9-3-4-15-17(9)2)12(14)18(10)6-8(7)13/h3-6H,14H2,1-2H3. The van der Waals surface area contributed by atoms with Crippen LogP contribution in [0.1, 0.15) is 5.56 Å². The summed E-state index contributed by atoms with van der Waals surface area (Å²) < 4.78 is 4.65. The maximum Gasteiger partial charge on any atom is 0.139 e. The maximum atomic E-state index is 6.16. The van der Waals surface area contributed by atoms with E-state index >= 15 is 0 Å². The summed E-state index contributed by atoms with van der Waals surface area (Å²) in [6.07, 6.45) is 3.67. The highest BCUT2D eigenvalue weighted by Gasteiger charge is 2.14. The van der Waals surface area contributed by atoms with Gasteiger partial charge in [-0.2, -0.15) is 5.10 Å². The Morgan fingerprint density at radius 3 is 2.83 bits per heavy atom. The van der Waals surface area contributed by atoms with E-state index in [9.17, 15) is 0 Å². The first kappa shape index (κ1) is 11.3. The molecule has 0 fully saturated rings. The molecular weight excluding hydrogens is 294 g/mol. The number of hydrogen-bond donors (Lipinski definition) is 1. The van der Waals surface area contributed by atoms with Crippen LogP contribution in [0.2, 0.25) is 0 Å². The lowest BCUT2D eigenvalue weighted by atomic mass is 10.3. The van der Waals surface area contributed by atoms with Crippen molar-refractivity contribution in [2.75, 3.05) is 5.73 Å². The van der Waals surface area contributed by atoms with E-state index in [0.717, 1.165) is 27.1 Å². The zero-order valence-corrected chi connectivity index (χ0v) is 11.6. The third-order valence-electron chi connectivity index (χ3n) is 3.00. The highest BCUT2D eigenvalue weighted by molar-refractivity contribution is 9.10. The third-order valence-corrected chi connectivity index (χ3v) is 3.83. The summed E-state index contributed by atoms with van der Waals surface area (Å²) in [4.78, 5) is 4.57. The molecule has 5 nitrogen and oxygen atoms in total. The van der Waals surface area contributed by atoms with Crippen LogP contribution in [-0.4, -0.2) is 19.2 Å². The Labute approximate surface area is 112 Å². The Morgan fingerprint density at radius 2 is 2.17 bits per heavy atom. The number of aryl methyl sites for hydroxylation is 2. The molecule has 3 aromatic heterocycles. The molecule has 0 radical (unpaired) electrons. The fourth-order valence-corrected chi connectivity index (χ4v) is 2.29. The van der Waals surface area contributed by atoms with Crippen molar-refractivity contribution in [3.05, 3.63) is 34.6 Å². The van der Waals surface area contributed by atoms with Crippen molar-refractivity contribution in [1.82, 2.24) is 19.2 Å². The van der Waals surface area contributed by atoms with Crippen molar-refractivity contribution in [2.45, 2.75) is 6.92 Å². The van der Waals surface area contributed by atoms with E-state index in [0.29, 0.717) is 5.82 Å². The van der Waals surface area contributed by atoms with Gasteiger partial charge in [0.05, 0.1) is 5.69 Å². The number of pyridine rings is 1. The minimum absolute atomic E-state index is 0.620. The Hall–Kier alpha value is -1.82. The van der Waals surface area contributed by atoms with Gasteiger partial charge in [-0.15, -0.1) is 0 Å². The molecule has 0 aliphatic carbocycles. The molecule has 0 bridgehead atoms. The Balaban J connectivity index is 2.33. The van der Waals surface area contributed by atoms with Crippen LogP contribution in [0.15, 0.2) is 29.0 Å². The van der Waals surface area contributed by atoms with Crippen LogP contribution in [0, 0.1) is 6.92 Å². The zero-order chi connectivity index (χ0) is 12.9. The van der Waals surface area contributed by atoms with E-state index in [-0.39, 0.29) is 0 Å². The summed E-state index contributed by atoms with van der Waals surface area (Å²) in [5.74, 6) is 0.620. The van der Waals surface area contributed by atoms with Gasteiger partial charge >= 0.3 is 0 Å². The highest BCUT2D eigenvalue weighted by atomic mass is 79.9. The monoisotopic (exact) mass is 305 g/mol. The Kier molecular flexibility index (Phi) is 2.41. The molecule has 2 N–H and O–H groups in total. The molecule has 3 aromatic rings. The van der Waals surface area contributed by atoms with E-state index in [1.54, 1.807) is 10.9 Å². The molecule has 6 heteroatoms. The quantitative estimate of drug-likeness (QED) is 0.751. The predicted octanol–water partition coefficient (Wildman–Crippen LogP) is 2.39. The van der Waals surface area contributed by atoms with Crippen molar-refractivity contribution in [2.24, 2.45) is 7.05 Å². The molecule has 0 saturated carbocycles. The largest absolute Gasteiger partial charge is 0.383 e. The average Bonchev–Trinajstić information content (AvgIpc) is 2.86. The number of imidazole rings is 1. The first-order valence-corrected chi connectivity index (χ1v) is 6.29. The van der Waals surface area contributed by atoms with Crippen molar-refractivity contribution < 1.29 is 0 Å². The molecule has 18 heavy (non-hydrogen) atoms. The molecule has 0 amide bonds. The minimum atomic E-state index is 0.620. The van der Waals surface area contributed by atoms with Gasteiger partial charge in [-0.3, -0.25) is 9.08 Å². The highest BCUT2D eigenvalue weighted by Crippen LogP contribution is 2.28. The first-order valence-electron chi connectivity index (χ1n) is 5.50. The van der Waals surface area contributed by atoms with Gasteiger partial charge < -0.3 is 5.73 Å². The summed E-state index contributed by atoms with van der Waals surface area (Å²) in [7, 11) is 1.87. The summed E-state index contributed by atoms with van der Waals surface area (Å²) >= 11 is 3.50. The van der Waals surface area contributed by atoms with Gasteiger partial charge in [-0.25, -0.2) is 4.98 Å². The van der Waals surface area contributed by atoms with E-state index in [2.05, 4.69) is 26.0 Å². The van der Waals surface area contributed by atoms with Gasteiger partial charge in [0.1, 0.15) is 17.2 Å². The number of aromatic nitrogens is 4. The number of nitrogens with two attached hydrogens (primary N) is 1. The van der Waals surface area contributed by atoms with E-state index < -0.39 is 0 Å². The van der Waals surface area contributed by atoms with Crippen molar-refractivity contribution >= 4 is 27.4 Å². The van der Waals surface area contributed by atoms with Gasteiger partial charge in [-0.1, -0.05) is 0 Å². The van der Waals surface area contributed by atoms with Crippen molar-refractivity contribution in [1.29, 1.82) is 0 Å². The van der Waals surface area contributed by atoms with Crippen LogP contribution in [0.3, 0.4) is 0 Å². The van der Waals surface area contributed by atoms with Gasteiger partial charge in [0.25, 0.3) is 0 Å². The molecule has 0 aromatic carbocycles. The van der Waals surface area contributed by atoms with Gasteiger partial charge in [0, 0.05) is 23.9 Å². The number of fused-ring (bicyclic) bond motifs is 1. The SMILES string of the molecule is Cc1cc2nc(-c3ccnn3C)c(N)n2cc1Br. The molecule has 3 heterocycles. The summed E-state index contributed by atoms with van der Waals surface area (Å²) in [5, 5.41) is 4.14. The van der Waals surface area contributed by atoms with Crippen LogP contribution < -0.4 is 5.73 Å². The normalized spacial score (nSPS) is 11.3. The second-order valence-electron chi connectivity index (χ2n) is 4.22. The molecule has 0 aliphatic heterocycles. The van der Waals surface area contributed by atoms with Crippen LogP contribution in [0.5, 0.6) is 0 Å². The van der Waals surface area contributed by atoms with E-state index in [1.165, 1.54) is 0 Å². The number of rotatable bonds is 1. The fraction of sp³-hybridized carbons (Fsp3) is 0.167. The summed E-state index contributed by atoms with van der Waals surface area (Å²) in [5.41, 5.74) is 9.79. The van der Waals surface area contributed by atoms with E-state index in [1.807, 2.05) is 36.7 Å². The molecule has 0 spiro atoms. The van der Waals surface area contributed by atoms with Gasteiger partial charge in [0.2, 0.25) is 0 Å². The summed E-state index contributed by atoms with van der Waals surface area (Å²) in [6, 6.07) is 3.90. The Morgan fingerprint density at radius 1 is 1.39 bits per heavy atom. The first-order chi connectivity index (χ1) is 8.58. The number of anilines is 1. The third kappa shape index (κ3) is 1.53. The van der Waals surface area contributed by atoms with Crippen LogP contribution in [-0.2, 0) is 7.05 Å². The minimum Gasteiger partial charge on any atom is -0.383 e. The van der Waals surface area contributed by atoms with Crippen LogP contribution in [0.25, 0.3) is 17.0 Å². The molecule has 0 atom stereocenters. The van der Waals surface area contributed by atoms with Gasteiger partial charge in [-0.05, 0) is 40.5 Å². The lowest BCUT2D eigenvalue weighted by Crippen LogP contribution is -1.98. The number of hydrogen-bond acceptors (Lipinski definition) is 3. The topological polar surface area (TPSA) is 61.1 Å². The molecular formula is C12H12BrN5. The van der Waals surface area contributed by atoms with E-state index in [4.69, 9.17) is 5.73 Å². The predicted molar refractivity (Wildman–Crippen MR) is 74.2 cm³/mol. The molecule has 0 saturated heterocycles. The molecule has 3 rings (SSSR count). The number of nitrogen functional groups attached to an aromatic ring is 1. The smallest absolute Gasteiger partial charge is 0.139 e.